The summed E-state index contributed by atoms with van der Waals surface area (Å²) in [6.45, 7) is 0. The Kier molecular flexibility index (Phi) is 3.95. The van der Waals surface area contributed by atoms with Crippen LogP contribution in [0.4, 0.5) is 37.7 Å². The Morgan fingerprint density at radius 3 is 1.95 bits per heavy atom. The summed E-state index contributed by atoms with van der Waals surface area (Å²) in [4.78, 5) is 0. The minimum Gasteiger partial charge on any atom is -0.506 e. The van der Waals surface area contributed by atoms with Crippen LogP contribution >= 0.6 is 0 Å². The molecule has 0 aromatic heterocycles. The van der Waals surface area contributed by atoms with Gasteiger partial charge in [-0.05, 0) is 30.3 Å². The highest BCUT2D eigenvalue weighted by atomic mass is 19.4. The summed E-state index contributed by atoms with van der Waals surface area (Å²) in [7, 11) is 0. The van der Waals surface area contributed by atoms with E-state index in [1.165, 1.54) is 24.3 Å². The van der Waals surface area contributed by atoms with Crippen molar-refractivity contribution < 1.29 is 31.4 Å². The lowest BCUT2D eigenvalue weighted by Crippen LogP contribution is -2.12. The van der Waals surface area contributed by atoms with E-state index >= 15 is 0 Å². The second-order valence-electron chi connectivity index (χ2n) is 4.40. The number of para-hydroxylation sites is 2. The fraction of sp³-hybridized carbons (Fsp3) is 0.143. The number of halogens is 6. The Morgan fingerprint density at radius 2 is 1.41 bits per heavy atom. The van der Waals surface area contributed by atoms with Crippen LogP contribution in [0, 0.1) is 0 Å². The van der Waals surface area contributed by atoms with Crippen LogP contribution in [0.1, 0.15) is 11.1 Å². The van der Waals surface area contributed by atoms with Gasteiger partial charge in [0.25, 0.3) is 0 Å². The van der Waals surface area contributed by atoms with Crippen LogP contribution in [0.5, 0.6) is 5.75 Å². The molecular weight excluding hydrogens is 312 g/mol. The Balaban J connectivity index is 2.53. The maximum Gasteiger partial charge on any atom is 0.418 e. The van der Waals surface area contributed by atoms with Crippen LogP contribution in [-0.4, -0.2) is 5.11 Å². The number of anilines is 2. The molecule has 0 aliphatic heterocycles. The average molecular weight is 321 g/mol. The van der Waals surface area contributed by atoms with Gasteiger partial charge in [0.15, 0.2) is 0 Å². The highest BCUT2D eigenvalue weighted by molar-refractivity contribution is 5.69. The van der Waals surface area contributed by atoms with Gasteiger partial charge in [-0.2, -0.15) is 26.3 Å². The topological polar surface area (TPSA) is 32.3 Å². The summed E-state index contributed by atoms with van der Waals surface area (Å²) in [6, 6.07) is 6.36. The van der Waals surface area contributed by atoms with Crippen LogP contribution in [0.15, 0.2) is 42.5 Å². The molecule has 2 aromatic carbocycles. The predicted octanol–water partition coefficient (Wildman–Crippen LogP) is 5.17. The fourth-order valence-electron chi connectivity index (χ4n) is 1.80. The average Bonchev–Trinajstić information content (AvgIpc) is 2.39. The Hall–Kier alpha value is -2.38. The van der Waals surface area contributed by atoms with Gasteiger partial charge in [0, 0.05) is 0 Å². The number of hydrogen-bond donors (Lipinski definition) is 2. The monoisotopic (exact) mass is 321 g/mol. The van der Waals surface area contributed by atoms with Crippen LogP contribution < -0.4 is 5.32 Å². The molecule has 0 aliphatic carbocycles. The molecule has 0 saturated carbocycles. The molecule has 118 valence electrons. The molecule has 2 nitrogen and oxygen atoms in total. The summed E-state index contributed by atoms with van der Waals surface area (Å²) in [5.41, 5.74) is -3.40. The van der Waals surface area contributed by atoms with E-state index in [1.807, 2.05) is 0 Å². The maximum atomic E-state index is 12.9. The summed E-state index contributed by atoms with van der Waals surface area (Å²) in [5.74, 6) is -0.381. The molecule has 0 unspecified atom stereocenters. The van der Waals surface area contributed by atoms with Crippen molar-refractivity contribution in [1.29, 1.82) is 0 Å². The first-order chi connectivity index (χ1) is 10.1. The van der Waals surface area contributed by atoms with Crippen molar-refractivity contribution in [3.8, 4) is 5.75 Å². The predicted molar refractivity (Wildman–Crippen MR) is 67.8 cm³/mol. The summed E-state index contributed by atoms with van der Waals surface area (Å²) in [6.07, 6.45) is -9.61. The van der Waals surface area contributed by atoms with E-state index in [1.54, 1.807) is 0 Å². The van der Waals surface area contributed by atoms with Crippen molar-refractivity contribution in [3.05, 3.63) is 53.6 Å². The zero-order valence-corrected chi connectivity index (χ0v) is 10.8. The standard InChI is InChI=1S/C14H9F6NO/c15-13(16,17)8-5-6-9(14(18,19)20)11(7-8)21-10-3-1-2-4-12(10)22/h1-7,21-22H. The third-order valence-electron chi connectivity index (χ3n) is 2.83. The summed E-state index contributed by atoms with van der Waals surface area (Å²) >= 11 is 0. The Bertz CT molecular complexity index is 678. The van der Waals surface area contributed by atoms with Crippen molar-refractivity contribution in [3.63, 3.8) is 0 Å². The van der Waals surface area contributed by atoms with E-state index in [-0.39, 0.29) is 11.4 Å². The van der Waals surface area contributed by atoms with Gasteiger partial charge in [-0.25, -0.2) is 0 Å². The van der Waals surface area contributed by atoms with Gasteiger partial charge in [0.2, 0.25) is 0 Å². The van der Waals surface area contributed by atoms with E-state index in [9.17, 15) is 31.4 Å². The molecule has 2 aromatic rings. The second-order valence-corrected chi connectivity index (χ2v) is 4.40. The number of benzene rings is 2. The number of phenols is 1. The van der Waals surface area contributed by atoms with Crippen molar-refractivity contribution in [2.75, 3.05) is 5.32 Å². The van der Waals surface area contributed by atoms with Gasteiger partial charge in [0.1, 0.15) is 5.75 Å². The number of nitrogens with one attached hydrogen (secondary N) is 1. The highest BCUT2D eigenvalue weighted by Gasteiger charge is 2.37. The number of phenolic OH excluding ortho intramolecular Hbond substituents is 1. The molecule has 0 saturated heterocycles. The van der Waals surface area contributed by atoms with E-state index < -0.39 is 29.2 Å². The van der Waals surface area contributed by atoms with E-state index in [0.717, 1.165) is 0 Å². The van der Waals surface area contributed by atoms with Crippen molar-refractivity contribution in [1.82, 2.24) is 0 Å². The van der Waals surface area contributed by atoms with Gasteiger partial charge < -0.3 is 10.4 Å². The fourth-order valence-corrected chi connectivity index (χ4v) is 1.80. The number of rotatable bonds is 2. The first-order valence-corrected chi connectivity index (χ1v) is 5.92. The molecule has 0 amide bonds. The number of alkyl halides is 6. The molecule has 0 spiro atoms. The van der Waals surface area contributed by atoms with Gasteiger partial charge >= 0.3 is 12.4 Å². The molecule has 0 fully saturated rings. The Labute approximate surface area is 121 Å². The molecule has 2 N–H and O–H groups in total. The molecule has 0 heterocycles. The molecule has 0 bridgehead atoms. The first kappa shape index (κ1) is 16.0. The first-order valence-electron chi connectivity index (χ1n) is 5.92. The molecule has 22 heavy (non-hydrogen) atoms. The summed E-state index contributed by atoms with van der Waals surface area (Å²) < 4.78 is 76.7. The normalized spacial score (nSPS) is 12.3. The van der Waals surface area contributed by atoms with Crippen molar-refractivity contribution >= 4 is 11.4 Å². The van der Waals surface area contributed by atoms with Crippen LogP contribution in [-0.2, 0) is 12.4 Å². The zero-order valence-electron chi connectivity index (χ0n) is 10.8. The molecular formula is C14H9F6NO. The lowest BCUT2D eigenvalue weighted by molar-refractivity contribution is -0.140. The van der Waals surface area contributed by atoms with Crippen molar-refractivity contribution in [2.45, 2.75) is 12.4 Å². The third kappa shape index (κ3) is 3.44. The molecule has 0 atom stereocenters. The van der Waals surface area contributed by atoms with Gasteiger partial charge in [0.05, 0.1) is 22.5 Å². The van der Waals surface area contributed by atoms with E-state index in [4.69, 9.17) is 0 Å². The zero-order chi connectivity index (χ0) is 16.5. The van der Waals surface area contributed by atoms with Gasteiger partial charge in [-0.1, -0.05) is 12.1 Å². The maximum absolute atomic E-state index is 12.9. The quantitative estimate of drug-likeness (QED) is 0.590. The minimum absolute atomic E-state index is 0.132. The van der Waals surface area contributed by atoms with E-state index in [0.29, 0.717) is 18.2 Å². The van der Waals surface area contributed by atoms with Crippen LogP contribution in [0.3, 0.4) is 0 Å². The number of hydrogen-bond acceptors (Lipinski definition) is 2. The second kappa shape index (κ2) is 5.43. The number of aromatic hydroxyl groups is 1. The lowest BCUT2D eigenvalue weighted by Gasteiger charge is -2.17. The molecule has 0 radical (unpaired) electrons. The molecule has 2 rings (SSSR count). The van der Waals surface area contributed by atoms with Gasteiger partial charge in [-0.15, -0.1) is 0 Å². The molecule has 0 aliphatic rings. The largest absolute Gasteiger partial charge is 0.506 e. The van der Waals surface area contributed by atoms with Gasteiger partial charge in [-0.3, -0.25) is 0 Å². The van der Waals surface area contributed by atoms with Crippen LogP contribution in [0.25, 0.3) is 0 Å². The highest BCUT2D eigenvalue weighted by Crippen LogP contribution is 2.40. The molecule has 8 heteroatoms. The Morgan fingerprint density at radius 1 is 0.773 bits per heavy atom. The minimum atomic E-state index is -4.84. The third-order valence-corrected chi connectivity index (χ3v) is 2.83. The summed E-state index contributed by atoms with van der Waals surface area (Å²) in [5, 5.41) is 11.7. The van der Waals surface area contributed by atoms with E-state index in [2.05, 4.69) is 5.32 Å². The smallest absolute Gasteiger partial charge is 0.418 e. The lowest BCUT2D eigenvalue weighted by atomic mass is 10.1. The SMILES string of the molecule is Oc1ccccc1Nc1cc(C(F)(F)F)ccc1C(F)(F)F. The van der Waals surface area contributed by atoms with Crippen LogP contribution in [0.2, 0.25) is 0 Å². The van der Waals surface area contributed by atoms with Crippen molar-refractivity contribution in [2.24, 2.45) is 0 Å².